The average Bonchev–Trinajstić information content (AvgIpc) is 4.30. The highest BCUT2D eigenvalue weighted by atomic mass is 32.1. The Morgan fingerprint density at radius 3 is 1.15 bits per heavy atom. The van der Waals surface area contributed by atoms with E-state index in [2.05, 4.69) is 31.2 Å². The second-order valence-electron chi connectivity index (χ2n) is 22.4. The maximum absolute atomic E-state index is 13.9. The van der Waals surface area contributed by atoms with Gasteiger partial charge in [-0.15, -0.1) is 22.7 Å². The fourth-order valence-electron chi connectivity index (χ4n) is 9.29. The molecular formula is C58H82N8O14S2. The topological polar surface area (TPSA) is 279 Å². The van der Waals surface area contributed by atoms with Crippen LogP contribution in [0.15, 0.2) is 59.6 Å². The van der Waals surface area contributed by atoms with Crippen molar-refractivity contribution in [1.82, 2.24) is 41.0 Å². The Morgan fingerprint density at radius 2 is 0.854 bits per heavy atom. The molecule has 2 fully saturated rings. The van der Waals surface area contributed by atoms with E-state index >= 15 is 0 Å². The maximum Gasteiger partial charge on any atom is 0.246 e. The summed E-state index contributed by atoms with van der Waals surface area (Å²) in [6, 6.07) is 11.9. The molecule has 6 amide bonds. The molecule has 82 heavy (non-hydrogen) atoms. The van der Waals surface area contributed by atoms with Crippen LogP contribution < -0.4 is 21.3 Å². The van der Waals surface area contributed by atoms with Gasteiger partial charge in [0.2, 0.25) is 35.4 Å². The van der Waals surface area contributed by atoms with Crippen LogP contribution in [0.25, 0.3) is 20.9 Å². The summed E-state index contributed by atoms with van der Waals surface area (Å²) in [5.74, 6) is -2.72. The van der Waals surface area contributed by atoms with Gasteiger partial charge in [-0.2, -0.15) is 0 Å². The minimum atomic E-state index is -0.988. The number of aromatic nitrogens is 2. The van der Waals surface area contributed by atoms with Gasteiger partial charge < -0.3 is 69.7 Å². The number of rotatable bonds is 31. The molecule has 24 heteroatoms. The Kier molecular flexibility index (Phi) is 25.3. The van der Waals surface area contributed by atoms with E-state index in [0.29, 0.717) is 26.4 Å². The molecule has 0 radical (unpaired) electrons. The number of hydrogen-bond donors (Lipinski definition) is 6. The van der Waals surface area contributed by atoms with Gasteiger partial charge in [0.05, 0.1) is 110 Å². The Morgan fingerprint density at radius 1 is 0.537 bits per heavy atom. The van der Waals surface area contributed by atoms with Crippen molar-refractivity contribution in [2.75, 3.05) is 92.4 Å². The van der Waals surface area contributed by atoms with Gasteiger partial charge in [-0.1, -0.05) is 90.1 Å². The van der Waals surface area contributed by atoms with Crippen molar-refractivity contribution in [3.8, 4) is 20.9 Å². The van der Waals surface area contributed by atoms with E-state index in [1.165, 1.54) is 9.80 Å². The zero-order chi connectivity index (χ0) is 59.4. The Hall–Kier alpha value is -5.80. The first-order chi connectivity index (χ1) is 39.1. The first kappa shape index (κ1) is 65.4. The quantitative estimate of drug-likeness (QED) is 0.0393. The predicted molar refractivity (Wildman–Crippen MR) is 308 cm³/mol. The standard InChI is InChI=1S/C58H82N8O14S2/c1-37-49(81-35-61-37)41-13-9-39(10-14-41)29-59-53(71)45-27-43(67)31-65(45)55(73)51(57(3,4)5)63-47(69)33-79-25-23-77-21-19-75-17-18-76-20-22-78-24-26-80-34-48(70)64-52(58(6,7)8)56(74)66-32-44(68)28-46(66)54(72)60-30-40-11-15-42(16-12-40)50-38(2)62-36-82-50/h9-16,35-36,43-46,51-52,67-68H,17-34H2,1-8H3,(H,59,71)(H,60,72)(H,63,69)(H,64,70)/t43-,44-,45+,46+,51-,52?/m1/s1. The highest BCUT2D eigenvalue weighted by molar-refractivity contribution is 7.13. The summed E-state index contributed by atoms with van der Waals surface area (Å²) in [6.07, 6.45) is -1.62. The van der Waals surface area contributed by atoms with Crippen LogP contribution >= 0.6 is 22.7 Å². The lowest BCUT2D eigenvalue weighted by atomic mass is 9.85. The van der Waals surface area contributed by atoms with Crippen LogP contribution in [0.4, 0.5) is 0 Å². The minimum absolute atomic E-state index is 0.0349. The number of nitrogens with one attached hydrogen (secondary N) is 4. The van der Waals surface area contributed by atoms with Gasteiger partial charge in [-0.25, -0.2) is 9.97 Å². The number of carbonyl (C=O) groups is 6. The third-order valence-electron chi connectivity index (χ3n) is 13.7. The molecule has 2 aliphatic heterocycles. The van der Waals surface area contributed by atoms with E-state index < -0.39 is 70.8 Å². The fraction of sp³-hybridized carbons (Fsp3) is 0.586. The van der Waals surface area contributed by atoms with Crippen LogP contribution in [0.2, 0.25) is 0 Å². The lowest BCUT2D eigenvalue weighted by Crippen LogP contribution is -2.58. The summed E-state index contributed by atoms with van der Waals surface area (Å²) in [4.78, 5) is 94.2. The van der Waals surface area contributed by atoms with E-state index in [1.807, 2.05) is 104 Å². The molecule has 6 atom stereocenters. The van der Waals surface area contributed by atoms with Gasteiger partial charge in [0.15, 0.2) is 0 Å². The third kappa shape index (κ3) is 19.9. The SMILES string of the molecule is Cc1ncsc1-c1ccc(CNC(=O)[C@@H]2C[C@@H](O)CN2C(=O)C(NC(=O)COCCOCCOCCOCCOCCOCC(=O)N[C@H](C(=O)N2C[C@H](O)C[C@H]2C(=O)NCc2ccc(-c3scnc3C)cc2)C(C)(C)C)C(C)(C)C)cc1. The molecule has 0 bridgehead atoms. The van der Waals surface area contributed by atoms with E-state index in [9.17, 15) is 39.0 Å². The van der Waals surface area contributed by atoms with E-state index in [-0.39, 0.29) is 104 Å². The van der Waals surface area contributed by atoms with Gasteiger partial charge in [-0.3, -0.25) is 28.8 Å². The molecule has 2 aromatic carbocycles. The normalized spacial score (nSPS) is 18.1. The highest BCUT2D eigenvalue weighted by Crippen LogP contribution is 2.31. The highest BCUT2D eigenvalue weighted by Gasteiger charge is 2.46. The fourth-order valence-corrected chi connectivity index (χ4v) is 10.9. The molecule has 22 nitrogen and oxygen atoms in total. The number of likely N-dealkylation sites (tertiary alicyclic amines) is 2. The molecule has 4 heterocycles. The van der Waals surface area contributed by atoms with Crippen LogP contribution in [0, 0.1) is 24.7 Å². The summed E-state index contributed by atoms with van der Waals surface area (Å²) >= 11 is 3.12. The van der Waals surface area contributed by atoms with Crippen LogP contribution in [-0.4, -0.2) is 194 Å². The largest absolute Gasteiger partial charge is 0.391 e. The number of ether oxygens (including phenoxy) is 6. The zero-order valence-electron chi connectivity index (χ0n) is 48.4. The first-order valence-electron chi connectivity index (χ1n) is 27.7. The summed E-state index contributed by atoms with van der Waals surface area (Å²) in [5, 5.41) is 32.5. The first-order valence-corrected chi connectivity index (χ1v) is 29.4. The van der Waals surface area contributed by atoms with E-state index in [0.717, 1.165) is 43.4 Å². The molecule has 450 valence electrons. The van der Waals surface area contributed by atoms with Crippen LogP contribution in [0.3, 0.4) is 0 Å². The Labute approximate surface area is 488 Å². The lowest BCUT2D eigenvalue weighted by molar-refractivity contribution is -0.144. The molecule has 0 spiro atoms. The monoisotopic (exact) mass is 1180 g/mol. The number of nitrogens with zero attached hydrogens (tertiary/aromatic N) is 4. The molecule has 2 aliphatic rings. The average molecular weight is 1180 g/mol. The lowest BCUT2D eigenvalue weighted by Gasteiger charge is -2.35. The summed E-state index contributed by atoms with van der Waals surface area (Å²) in [5.41, 5.74) is 7.90. The van der Waals surface area contributed by atoms with E-state index in [4.69, 9.17) is 28.4 Å². The number of aliphatic hydroxyl groups excluding tert-OH is 2. The minimum Gasteiger partial charge on any atom is -0.391 e. The number of aryl methyl sites for hydroxylation is 2. The second kappa shape index (κ2) is 31.7. The van der Waals surface area contributed by atoms with Crippen LogP contribution in [0.5, 0.6) is 0 Å². The van der Waals surface area contributed by atoms with Crippen molar-refractivity contribution >= 4 is 58.1 Å². The van der Waals surface area contributed by atoms with Crippen molar-refractivity contribution in [3.63, 3.8) is 0 Å². The number of benzene rings is 2. The van der Waals surface area contributed by atoms with Gasteiger partial charge in [0.1, 0.15) is 37.4 Å². The van der Waals surface area contributed by atoms with Gasteiger partial charge in [0.25, 0.3) is 0 Å². The molecule has 0 aliphatic carbocycles. The molecule has 0 saturated carbocycles. The third-order valence-corrected chi connectivity index (χ3v) is 15.7. The molecule has 4 aromatic rings. The molecule has 1 unspecified atom stereocenters. The number of hydrogen-bond acceptors (Lipinski definition) is 18. The molecule has 2 aromatic heterocycles. The number of aliphatic hydroxyl groups is 2. The molecule has 6 rings (SSSR count). The summed E-state index contributed by atoms with van der Waals surface area (Å²) in [7, 11) is 0. The smallest absolute Gasteiger partial charge is 0.246 e. The molecule has 6 N–H and O–H groups in total. The summed E-state index contributed by atoms with van der Waals surface area (Å²) < 4.78 is 33.2. The Bertz CT molecular complexity index is 2510. The van der Waals surface area contributed by atoms with Gasteiger partial charge >= 0.3 is 0 Å². The maximum atomic E-state index is 13.9. The van der Waals surface area contributed by atoms with Crippen molar-refractivity contribution < 1.29 is 67.4 Å². The second-order valence-corrected chi connectivity index (χ2v) is 24.2. The zero-order valence-corrected chi connectivity index (χ0v) is 50.0. The van der Waals surface area contributed by atoms with Crippen molar-refractivity contribution in [3.05, 3.63) is 82.1 Å². The number of β-amino-alcohol motifs (C(OH)–C–C–N with tert-alkyl or cyclic N) is 2. The number of carbonyl (C=O) groups excluding carboxylic acids is 6. The van der Waals surface area contributed by atoms with Crippen LogP contribution in [0.1, 0.15) is 76.9 Å². The van der Waals surface area contributed by atoms with Crippen LogP contribution in [-0.2, 0) is 70.3 Å². The number of amides is 6. The van der Waals surface area contributed by atoms with Crippen molar-refractivity contribution in [1.29, 1.82) is 0 Å². The van der Waals surface area contributed by atoms with Gasteiger partial charge in [-0.05, 0) is 46.9 Å². The molecular weight excluding hydrogens is 1100 g/mol. The molecule has 2 saturated heterocycles. The van der Waals surface area contributed by atoms with Gasteiger partial charge in [0, 0.05) is 39.0 Å². The summed E-state index contributed by atoms with van der Waals surface area (Å²) in [6.45, 7) is 17.1. The Balaban J connectivity index is 0.763. The van der Waals surface area contributed by atoms with Crippen molar-refractivity contribution in [2.45, 2.75) is 118 Å². The van der Waals surface area contributed by atoms with E-state index in [1.54, 1.807) is 33.7 Å². The number of thiazole rings is 2. The predicted octanol–water partition coefficient (Wildman–Crippen LogP) is 3.57. The van der Waals surface area contributed by atoms with Crippen molar-refractivity contribution in [2.24, 2.45) is 10.8 Å².